The van der Waals surface area contributed by atoms with Crippen LogP contribution in [0.5, 0.6) is 0 Å². The number of hydrogen-bond donors (Lipinski definition) is 1. The molecule has 1 N–H and O–H groups in total. The number of nitrogens with one attached hydrogen (secondary N) is 1. The number of amides is 1. The summed E-state index contributed by atoms with van der Waals surface area (Å²) in [5.74, 6) is -0.817. The maximum absolute atomic E-state index is 13.2. The highest BCUT2D eigenvalue weighted by Crippen LogP contribution is 2.34. The maximum Gasteiger partial charge on any atom is 0.291 e. The monoisotopic (exact) mass is 478 g/mol. The van der Waals surface area contributed by atoms with Crippen molar-refractivity contribution in [1.82, 2.24) is 0 Å². The Balaban J connectivity index is 1.66. The minimum absolute atomic E-state index is 0.0154. The van der Waals surface area contributed by atoms with Crippen molar-refractivity contribution >= 4 is 43.2 Å². The summed E-state index contributed by atoms with van der Waals surface area (Å²) in [6.45, 7) is 0.301. The van der Waals surface area contributed by atoms with Crippen LogP contribution in [0.1, 0.15) is 22.5 Å². The Kier molecular flexibility index (Phi) is 5.18. The van der Waals surface area contributed by atoms with E-state index < -0.39 is 21.7 Å². The number of hydrogen-bond acceptors (Lipinski definition) is 4. The minimum Gasteiger partial charge on any atom is -0.444 e. The van der Waals surface area contributed by atoms with Gasteiger partial charge in [-0.2, -0.15) is 0 Å². The molecule has 2 aromatic carbocycles. The number of anilines is 2. The van der Waals surface area contributed by atoms with Crippen LogP contribution in [0.15, 0.2) is 68.6 Å². The van der Waals surface area contributed by atoms with E-state index >= 15 is 0 Å². The highest BCUT2D eigenvalue weighted by molar-refractivity contribution is 9.10. The highest BCUT2D eigenvalue weighted by Gasteiger charge is 2.29. The summed E-state index contributed by atoms with van der Waals surface area (Å²) >= 11 is 3.15. The van der Waals surface area contributed by atoms with Gasteiger partial charge >= 0.3 is 0 Å². The normalized spacial score (nSPS) is 13.8. The predicted molar refractivity (Wildman–Crippen MR) is 110 cm³/mol. The van der Waals surface area contributed by atoms with Gasteiger partial charge in [-0.25, -0.2) is 12.8 Å². The third-order valence-electron chi connectivity index (χ3n) is 4.62. The van der Waals surface area contributed by atoms with E-state index in [0.717, 1.165) is 24.1 Å². The molecule has 0 saturated heterocycles. The summed E-state index contributed by atoms with van der Waals surface area (Å²) in [6, 6.07) is 13.0. The number of fused-ring (bicyclic) bond motifs is 1. The summed E-state index contributed by atoms with van der Waals surface area (Å²) in [4.78, 5) is 12.3. The molecule has 1 aliphatic rings. The maximum atomic E-state index is 13.2. The Morgan fingerprint density at radius 1 is 1.10 bits per heavy atom. The van der Waals surface area contributed by atoms with Crippen LogP contribution in [-0.4, -0.2) is 20.9 Å². The van der Waals surface area contributed by atoms with Crippen LogP contribution < -0.4 is 9.62 Å². The van der Waals surface area contributed by atoms with Crippen molar-refractivity contribution in [2.75, 3.05) is 16.2 Å². The lowest BCUT2D eigenvalue weighted by Crippen LogP contribution is -2.35. The number of benzene rings is 2. The van der Waals surface area contributed by atoms with Crippen molar-refractivity contribution < 1.29 is 22.0 Å². The smallest absolute Gasteiger partial charge is 0.291 e. The average Bonchev–Trinajstić information content (AvgIpc) is 3.14. The molecule has 29 heavy (non-hydrogen) atoms. The molecule has 2 heterocycles. The first kappa shape index (κ1) is 19.7. The summed E-state index contributed by atoms with van der Waals surface area (Å²) in [6.07, 6.45) is 1.39. The molecule has 4 rings (SSSR count). The zero-order valence-electron chi connectivity index (χ0n) is 15.1. The quantitative estimate of drug-likeness (QED) is 0.595. The number of carbonyl (C=O) groups excluding carboxylic acids is 1. The molecule has 0 fully saturated rings. The Morgan fingerprint density at radius 3 is 2.55 bits per heavy atom. The number of furan rings is 1. The van der Waals surface area contributed by atoms with Gasteiger partial charge in [-0.3, -0.25) is 9.10 Å². The topological polar surface area (TPSA) is 79.6 Å². The number of rotatable bonds is 4. The van der Waals surface area contributed by atoms with E-state index in [0.29, 0.717) is 29.0 Å². The van der Waals surface area contributed by atoms with Crippen molar-refractivity contribution in [2.24, 2.45) is 0 Å². The molecule has 150 valence electrons. The fourth-order valence-electron chi connectivity index (χ4n) is 3.23. The first-order valence-electron chi connectivity index (χ1n) is 8.82. The second kappa shape index (κ2) is 7.64. The van der Waals surface area contributed by atoms with E-state index in [1.165, 1.54) is 22.5 Å². The Bertz CT molecular complexity index is 1180. The SMILES string of the molecule is O=C(Nc1ccc2c(c1)N(S(=O)(=O)c1ccc(F)cc1)CCC2)c1ccc(Br)o1. The number of nitrogens with zero attached hydrogens (tertiary/aromatic N) is 1. The molecule has 6 nitrogen and oxygen atoms in total. The third-order valence-corrected chi connectivity index (χ3v) is 6.87. The molecule has 0 radical (unpaired) electrons. The van der Waals surface area contributed by atoms with Gasteiger partial charge in [0.25, 0.3) is 15.9 Å². The molecular formula is C20H16BrFN2O4S. The minimum atomic E-state index is -3.86. The molecular weight excluding hydrogens is 463 g/mol. The van der Waals surface area contributed by atoms with E-state index in [1.54, 1.807) is 24.3 Å². The molecule has 0 atom stereocenters. The van der Waals surface area contributed by atoms with E-state index in [9.17, 15) is 17.6 Å². The van der Waals surface area contributed by atoms with Gasteiger partial charge in [0.1, 0.15) is 5.82 Å². The lowest BCUT2D eigenvalue weighted by Gasteiger charge is -2.31. The lowest BCUT2D eigenvalue weighted by molar-refractivity contribution is 0.0995. The van der Waals surface area contributed by atoms with E-state index in [-0.39, 0.29) is 10.7 Å². The van der Waals surface area contributed by atoms with Gasteiger partial charge in [0.2, 0.25) is 0 Å². The van der Waals surface area contributed by atoms with Crippen molar-refractivity contribution in [3.05, 3.63) is 76.4 Å². The summed E-state index contributed by atoms with van der Waals surface area (Å²) in [7, 11) is -3.86. The van der Waals surface area contributed by atoms with Crippen molar-refractivity contribution in [2.45, 2.75) is 17.7 Å². The third kappa shape index (κ3) is 3.92. The molecule has 0 spiro atoms. The first-order valence-corrected chi connectivity index (χ1v) is 11.1. The Labute approximate surface area is 175 Å². The first-order chi connectivity index (χ1) is 13.8. The predicted octanol–water partition coefficient (Wildman–Crippen LogP) is 4.58. The highest BCUT2D eigenvalue weighted by atomic mass is 79.9. The number of carbonyl (C=O) groups is 1. The standard InChI is InChI=1S/C20H16BrFN2O4S/c21-19-10-9-18(28-19)20(25)23-15-6-3-13-2-1-11-24(17(13)12-15)29(26,27)16-7-4-14(22)5-8-16/h3-10,12H,1-2,11H2,(H,23,25). The summed E-state index contributed by atoms with van der Waals surface area (Å²) in [5.41, 5.74) is 1.81. The van der Waals surface area contributed by atoms with Crippen molar-refractivity contribution in [1.29, 1.82) is 0 Å². The van der Waals surface area contributed by atoms with Crippen LogP contribution in [-0.2, 0) is 16.4 Å². The molecule has 1 aromatic heterocycles. The fourth-order valence-corrected chi connectivity index (χ4v) is 5.07. The number of aryl methyl sites for hydroxylation is 1. The summed E-state index contributed by atoms with van der Waals surface area (Å²) in [5, 5.41) is 2.72. The van der Waals surface area contributed by atoms with Gasteiger partial charge in [-0.15, -0.1) is 0 Å². The molecule has 1 aliphatic heterocycles. The van der Waals surface area contributed by atoms with Crippen LogP contribution in [0.3, 0.4) is 0 Å². The van der Waals surface area contributed by atoms with Crippen LogP contribution in [0, 0.1) is 5.82 Å². The van der Waals surface area contributed by atoms with Gasteiger partial charge in [0, 0.05) is 12.2 Å². The van der Waals surface area contributed by atoms with Gasteiger partial charge < -0.3 is 9.73 Å². The van der Waals surface area contributed by atoms with Gasteiger partial charge in [-0.1, -0.05) is 6.07 Å². The second-order valence-electron chi connectivity index (χ2n) is 6.54. The molecule has 0 unspecified atom stereocenters. The molecule has 0 bridgehead atoms. The van der Waals surface area contributed by atoms with E-state index in [4.69, 9.17) is 4.42 Å². The van der Waals surface area contributed by atoms with Gasteiger partial charge in [-0.05, 0) is 82.9 Å². The molecule has 0 saturated carbocycles. The van der Waals surface area contributed by atoms with Crippen molar-refractivity contribution in [3.8, 4) is 0 Å². The molecule has 3 aromatic rings. The molecule has 9 heteroatoms. The van der Waals surface area contributed by atoms with Crippen LogP contribution in [0.4, 0.5) is 15.8 Å². The van der Waals surface area contributed by atoms with Crippen molar-refractivity contribution in [3.63, 3.8) is 0 Å². The largest absolute Gasteiger partial charge is 0.444 e. The number of halogens is 2. The Morgan fingerprint density at radius 2 is 1.86 bits per heavy atom. The molecule has 1 amide bonds. The lowest BCUT2D eigenvalue weighted by atomic mass is 10.0. The fraction of sp³-hybridized carbons (Fsp3) is 0.150. The zero-order chi connectivity index (χ0) is 20.6. The van der Waals surface area contributed by atoms with Crippen LogP contribution >= 0.6 is 15.9 Å². The summed E-state index contributed by atoms with van der Waals surface area (Å²) < 4.78 is 46.4. The Hall–Kier alpha value is -2.65. The zero-order valence-corrected chi connectivity index (χ0v) is 17.5. The van der Waals surface area contributed by atoms with Crippen LogP contribution in [0.2, 0.25) is 0 Å². The average molecular weight is 479 g/mol. The second-order valence-corrected chi connectivity index (χ2v) is 9.18. The van der Waals surface area contributed by atoms with E-state index in [1.807, 2.05) is 0 Å². The number of sulfonamides is 1. The van der Waals surface area contributed by atoms with Crippen LogP contribution in [0.25, 0.3) is 0 Å². The van der Waals surface area contributed by atoms with Gasteiger partial charge in [0.15, 0.2) is 10.4 Å². The molecule has 0 aliphatic carbocycles. The van der Waals surface area contributed by atoms with E-state index in [2.05, 4.69) is 21.2 Å². The van der Waals surface area contributed by atoms with Gasteiger partial charge in [0.05, 0.1) is 10.6 Å².